The predicted molar refractivity (Wildman–Crippen MR) is 108 cm³/mol. The molecule has 1 saturated carbocycles. The summed E-state index contributed by atoms with van der Waals surface area (Å²) in [5.74, 6) is 0.802. The molecule has 0 bridgehead atoms. The van der Waals surface area contributed by atoms with Gasteiger partial charge in [-0.25, -0.2) is 0 Å². The minimum atomic E-state index is -0.577. The maximum absolute atomic E-state index is 13.4. The Morgan fingerprint density at radius 3 is 2.71 bits per heavy atom. The molecule has 0 spiro atoms. The molecule has 2 amide bonds. The number of hydrogen-bond acceptors (Lipinski definition) is 3. The molecular weight excluding hydrogens is 352 g/mol. The van der Waals surface area contributed by atoms with Crippen LogP contribution in [0.3, 0.4) is 0 Å². The lowest BCUT2D eigenvalue weighted by molar-refractivity contribution is -0.145. The number of likely N-dealkylation sites (tertiary alicyclic amines) is 1. The van der Waals surface area contributed by atoms with Gasteiger partial charge in [0, 0.05) is 25.8 Å². The van der Waals surface area contributed by atoms with Gasteiger partial charge in [0.25, 0.3) is 0 Å². The SMILES string of the molecule is CC1CC/C(=C\C(=O)NCC2CCN2C(=O)C2(c3ccccc3)CCOC2)C1. The van der Waals surface area contributed by atoms with Gasteiger partial charge in [-0.3, -0.25) is 9.59 Å². The van der Waals surface area contributed by atoms with Crippen LogP contribution >= 0.6 is 0 Å². The summed E-state index contributed by atoms with van der Waals surface area (Å²) in [5, 5.41) is 3.01. The largest absolute Gasteiger partial charge is 0.380 e. The summed E-state index contributed by atoms with van der Waals surface area (Å²) in [6.07, 6.45) is 6.66. The summed E-state index contributed by atoms with van der Waals surface area (Å²) >= 11 is 0. The lowest BCUT2D eigenvalue weighted by Crippen LogP contribution is -2.61. The van der Waals surface area contributed by atoms with E-state index in [2.05, 4.69) is 12.2 Å². The lowest BCUT2D eigenvalue weighted by atomic mass is 9.77. The standard InChI is InChI=1S/C23H30N2O3/c1-17-7-8-18(13-17)14-21(26)24-15-20-9-11-25(20)22(27)23(10-12-28-16-23)19-5-3-2-4-6-19/h2-6,14,17,20H,7-13,15-16H2,1H3,(H,24,26)/b18-14+. The van der Waals surface area contributed by atoms with Gasteiger partial charge in [-0.15, -0.1) is 0 Å². The molecule has 3 aliphatic rings. The monoisotopic (exact) mass is 382 g/mol. The number of carbonyl (C=O) groups is 2. The third kappa shape index (κ3) is 3.72. The van der Waals surface area contributed by atoms with Crippen LogP contribution in [-0.2, 0) is 19.7 Å². The topological polar surface area (TPSA) is 58.6 Å². The number of carbonyl (C=O) groups excluding carboxylic acids is 2. The number of nitrogens with one attached hydrogen (secondary N) is 1. The number of benzene rings is 1. The molecule has 0 radical (unpaired) electrons. The third-order valence-corrected chi connectivity index (χ3v) is 6.58. The van der Waals surface area contributed by atoms with E-state index in [1.165, 1.54) is 12.0 Å². The molecule has 150 valence electrons. The molecule has 2 heterocycles. The van der Waals surface area contributed by atoms with Crippen molar-refractivity contribution in [2.75, 3.05) is 26.3 Å². The van der Waals surface area contributed by atoms with Crippen molar-refractivity contribution in [3.63, 3.8) is 0 Å². The second-order valence-corrected chi connectivity index (χ2v) is 8.59. The Labute approximate surface area is 167 Å². The minimum absolute atomic E-state index is 0.0228. The van der Waals surface area contributed by atoms with Crippen molar-refractivity contribution in [2.45, 2.75) is 50.5 Å². The fourth-order valence-corrected chi connectivity index (χ4v) is 4.71. The molecule has 3 atom stereocenters. The number of amides is 2. The zero-order valence-corrected chi connectivity index (χ0v) is 16.7. The molecule has 1 aliphatic carbocycles. The smallest absolute Gasteiger partial charge is 0.244 e. The van der Waals surface area contributed by atoms with E-state index in [9.17, 15) is 9.59 Å². The number of rotatable bonds is 5. The second-order valence-electron chi connectivity index (χ2n) is 8.59. The Kier molecular flexibility index (Phi) is 5.54. The summed E-state index contributed by atoms with van der Waals surface area (Å²) in [5.41, 5.74) is 1.70. The molecule has 5 nitrogen and oxygen atoms in total. The summed E-state index contributed by atoms with van der Waals surface area (Å²) in [4.78, 5) is 27.6. The summed E-state index contributed by atoms with van der Waals surface area (Å²) in [6.45, 7) is 4.56. The highest BCUT2D eigenvalue weighted by Gasteiger charge is 2.49. The van der Waals surface area contributed by atoms with Crippen molar-refractivity contribution in [1.82, 2.24) is 10.2 Å². The second kappa shape index (κ2) is 8.08. The first kappa shape index (κ1) is 19.2. The van der Waals surface area contributed by atoms with E-state index in [0.29, 0.717) is 25.7 Å². The molecule has 28 heavy (non-hydrogen) atoms. The van der Waals surface area contributed by atoms with Crippen LogP contribution in [0.15, 0.2) is 42.0 Å². The van der Waals surface area contributed by atoms with Gasteiger partial charge in [-0.2, -0.15) is 0 Å². The maximum Gasteiger partial charge on any atom is 0.244 e. The fraction of sp³-hybridized carbons (Fsp3) is 0.565. The average Bonchev–Trinajstić information content (AvgIpc) is 3.31. The number of ether oxygens (including phenoxy) is 1. The first-order chi connectivity index (χ1) is 13.6. The quantitative estimate of drug-likeness (QED) is 0.797. The highest BCUT2D eigenvalue weighted by molar-refractivity contribution is 5.90. The van der Waals surface area contributed by atoms with Crippen LogP contribution in [0, 0.1) is 5.92 Å². The predicted octanol–water partition coefficient (Wildman–Crippen LogP) is 2.81. The Bertz CT molecular complexity index is 752. The zero-order valence-electron chi connectivity index (χ0n) is 16.7. The van der Waals surface area contributed by atoms with E-state index in [1.54, 1.807) is 6.08 Å². The van der Waals surface area contributed by atoms with Crippen LogP contribution in [0.4, 0.5) is 0 Å². The van der Waals surface area contributed by atoms with Crippen molar-refractivity contribution in [3.8, 4) is 0 Å². The highest BCUT2D eigenvalue weighted by atomic mass is 16.5. The third-order valence-electron chi connectivity index (χ3n) is 6.58. The average molecular weight is 383 g/mol. The Balaban J connectivity index is 1.38. The van der Waals surface area contributed by atoms with E-state index in [-0.39, 0.29) is 17.9 Å². The van der Waals surface area contributed by atoms with Gasteiger partial charge in [0.2, 0.25) is 11.8 Å². The van der Waals surface area contributed by atoms with Gasteiger partial charge in [-0.05, 0) is 43.6 Å². The van der Waals surface area contributed by atoms with E-state index >= 15 is 0 Å². The lowest BCUT2D eigenvalue weighted by Gasteiger charge is -2.45. The summed E-state index contributed by atoms with van der Waals surface area (Å²) < 4.78 is 5.65. The van der Waals surface area contributed by atoms with Crippen molar-refractivity contribution >= 4 is 11.8 Å². The van der Waals surface area contributed by atoms with Crippen molar-refractivity contribution < 1.29 is 14.3 Å². The van der Waals surface area contributed by atoms with Gasteiger partial charge in [0.05, 0.1) is 18.1 Å². The highest BCUT2D eigenvalue weighted by Crippen LogP contribution is 2.37. The van der Waals surface area contributed by atoms with Crippen LogP contribution < -0.4 is 5.32 Å². The van der Waals surface area contributed by atoms with Crippen LogP contribution in [0.1, 0.15) is 44.6 Å². The Morgan fingerprint density at radius 2 is 2.11 bits per heavy atom. The van der Waals surface area contributed by atoms with Crippen LogP contribution in [-0.4, -0.2) is 49.1 Å². The van der Waals surface area contributed by atoms with Crippen LogP contribution in [0.5, 0.6) is 0 Å². The van der Waals surface area contributed by atoms with Crippen molar-refractivity contribution in [1.29, 1.82) is 0 Å². The molecule has 5 heteroatoms. The van der Waals surface area contributed by atoms with Crippen LogP contribution in [0.25, 0.3) is 0 Å². The van der Waals surface area contributed by atoms with E-state index < -0.39 is 5.41 Å². The molecular formula is C23H30N2O3. The first-order valence-corrected chi connectivity index (χ1v) is 10.5. The zero-order chi connectivity index (χ0) is 19.6. The van der Waals surface area contributed by atoms with Gasteiger partial charge in [0.15, 0.2) is 0 Å². The number of allylic oxidation sites excluding steroid dienone is 1. The molecule has 3 fully saturated rings. The molecule has 4 rings (SSSR count). The van der Waals surface area contributed by atoms with Crippen molar-refractivity contribution in [2.24, 2.45) is 5.92 Å². The Morgan fingerprint density at radius 1 is 1.29 bits per heavy atom. The van der Waals surface area contributed by atoms with Gasteiger partial charge < -0.3 is 15.0 Å². The molecule has 1 N–H and O–H groups in total. The van der Waals surface area contributed by atoms with E-state index in [0.717, 1.165) is 37.8 Å². The number of hydrogen-bond donors (Lipinski definition) is 1. The van der Waals surface area contributed by atoms with Gasteiger partial charge >= 0.3 is 0 Å². The molecule has 2 saturated heterocycles. The normalized spacial score (nSPS) is 31.0. The molecule has 1 aromatic rings. The summed E-state index contributed by atoms with van der Waals surface area (Å²) in [6, 6.07) is 10.1. The summed E-state index contributed by atoms with van der Waals surface area (Å²) in [7, 11) is 0. The molecule has 1 aromatic carbocycles. The van der Waals surface area contributed by atoms with Crippen LogP contribution in [0.2, 0.25) is 0 Å². The molecule has 0 aromatic heterocycles. The molecule has 2 aliphatic heterocycles. The number of nitrogens with zero attached hydrogens (tertiary/aromatic N) is 1. The van der Waals surface area contributed by atoms with E-state index in [4.69, 9.17) is 4.74 Å². The molecule has 3 unspecified atom stereocenters. The first-order valence-electron chi connectivity index (χ1n) is 10.5. The Hall–Kier alpha value is -2.14. The van der Waals surface area contributed by atoms with Crippen molar-refractivity contribution in [3.05, 3.63) is 47.5 Å². The maximum atomic E-state index is 13.4. The van der Waals surface area contributed by atoms with Gasteiger partial charge in [0.1, 0.15) is 0 Å². The minimum Gasteiger partial charge on any atom is -0.380 e. The van der Waals surface area contributed by atoms with Gasteiger partial charge in [-0.1, -0.05) is 42.8 Å². The van der Waals surface area contributed by atoms with E-state index in [1.807, 2.05) is 35.2 Å². The fourth-order valence-electron chi connectivity index (χ4n) is 4.71.